The van der Waals surface area contributed by atoms with Gasteiger partial charge in [0.1, 0.15) is 43.2 Å². The molecule has 0 aromatic rings. The van der Waals surface area contributed by atoms with Crippen LogP contribution in [0.25, 0.3) is 0 Å². The number of carbonyl (C=O) groups excluding carboxylic acids is 2. The van der Waals surface area contributed by atoms with Gasteiger partial charge in [-0.15, -0.1) is 0 Å². The highest BCUT2D eigenvalue weighted by Gasteiger charge is 2.51. The molecule has 14 heteroatoms. The molecule has 1 aliphatic carbocycles. The van der Waals surface area contributed by atoms with Crippen LogP contribution in [0.3, 0.4) is 0 Å². The monoisotopic (exact) mass is 840 g/mol. The summed E-state index contributed by atoms with van der Waals surface area (Å²) in [6.45, 7) is 3.06. The van der Waals surface area contributed by atoms with E-state index in [1.165, 1.54) is 12.8 Å². The van der Waals surface area contributed by atoms with E-state index in [1.54, 1.807) is 0 Å². The van der Waals surface area contributed by atoms with E-state index in [2.05, 4.69) is 86.8 Å². The van der Waals surface area contributed by atoms with Crippen molar-refractivity contribution in [2.75, 3.05) is 13.2 Å². The lowest BCUT2D eigenvalue weighted by molar-refractivity contribution is -0.220. The summed E-state index contributed by atoms with van der Waals surface area (Å²) in [5, 5.41) is 50.0. The third-order valence-electron chi connectivity index (χ3n) is 9.28. The molecule has 0 saturated heterocycles. The molecule has 1 saturated carbocycles. The second-order valence-corrected chi connectivity index (χ2v) is 15.9. The first-order chi connectivity index (χ1) is 27.9. The molecule has 0 aromatic carbocycles. The molecule has 0 heterocycles. The Balaban J connectivity index is 2.55. The zero-order chi connectivity index (χ0) is 42.9. The predicted octanol–water partition coefficient (Wildman–Crippen LogP) is 7.55. The molecule has 8 atom stereocenters. The Morgan fingerprint density at radius 2 is 0.983 bits per heavy atom. The van der Waals surface area contributed by atoms with Crippen LogP contribution in [0.5, 0.6) is 0 Å². The molecule has 0 aliphatic heterocycles. The molecule has 0 radical (unpaired) electrons. The van der Waals surface area contributed by atoms with Gasteiger partial charge in [-0.05, 0) is 77.0 Å². The maximum absolute atomic E-state index is 12.8. The Labute approximate surface area is 346 Å². The quantitative estimate of drug-likeness (QED) is 0.0163. The summed E-state index contributed by atoms with van der Waals surface area (Å²) in [5.74, 6) is -1.17. The maximum atomic E-state index is 12.8. The molecule has 1 aliphatic rings. The van der Waals surface area contributed by atoms with Crippen LogP contribution in [0.4, 0.5) is 0 Å². The smallest absolute Gasteiger partial charge is 0.462 e. The van der Waals surface area contributed by atoms with Crippen LogP contribution in [-0.2, 0) is 32.7 Å². The second kappa shape index (κ2) is 34.0. The number of hydrogen-bond donors (Lipinski definition) is 6. The Kier molecular flexibility index (Phi) is 31.3. The molecule has 332 valence electrons. The van der Waals surface area contributed by atoms with Crippen molar-refractivity contribution in [3.8, 4) is 0 Å². The summed E-state index contributed by atoms with van der Waals surface area (Å²) in [4.78, 5) is 35.6. The van der Waals surface area contributed by atoms with Gasteiger partial charge in [0.15, 0.2) is 6.10 Å². The third kappa shape index (κ3) is 26.4. The summed E-state index contributed by atoms with van der Waals surface area (Å²) < 4.78 is 33.4. The van der Waals surface area contributed by atoms with Gasteiger partial charge in [0, 0.05) is 12.8 Å². The predicted molar refractivity (Wildman–Crippen MR) is 225 cm³/mol. The summed E-state index contributed by atoms with van der Waals surface area (Å²) >= 11 is 0. The number of esters is 2. The molecule has 6 N–H and O–H groups in total. The average Bonchev–Trinajstić information content (AvgIpc) is 3.20. The first-order valence-electron chi connectivity index (χ1n) is 21.2. The normalized spacial score (nSPS) is 23.2. The van der Waals surface area contributed by atoms with E-state index < -0.39 is 75.7 Å². The number of rotatable bonds is 33. The number of carbonyl (C=O) groups is 2. The summed E-state index contributed by atoms with van der Waals surface area (Å²) in [7, 11) is -5.13. The highest BCUT2D eigenvalue weighted by molar-refractivity contribution is 7.47. The highest BCUT2D eigenvalue weighted by Crippen LogP contribution is 2.47. The van der Waals surface area contributed by atoms with Crippen molar-refractivity contribution in [2.45, 2.75) is 179 Å². The van der Waals surface area contributed by atoms with Crippen LogP contribution >= 0.6 is 7.82 Å². The molecule has 1 rings (SSSR count). The number of allylic oxidation sites excluding steroid dienone is 12. The van der Waals surface area contributed by atoms with Crippen molar-refractivity contribution in [3.05, 3.63) is 72.9 Å². The fourth-order valence-corrected chi connectivity index (χ4v) is 6.79. The highest BCUT2D eigenvalue weighted by atomic mass is 31.2. The summed E-state index contributed by atoms with van der Waals surface area (Å²) in [6.07, 6.45) is 28.2. The minimum atomic E-state index is -5.13. The van der Waals surface area contributed by atoms with Crippen molar-refractivity contribution >= 4 is 19.8 Å². The first kappa shape index (κ1) is 53.3. The van der Waals surface area contributed by atoms with Gasteiger partial charge in [0.2, 0.25) is 0 Å². The van der Waals surface area contributed by atoms with E-state index in [-0.39, 0.29) is 12.8 Å². The first-order valence-corrected chi connectivity index (χ1v) is 22.7. The molecule has 1 fully saturated rings. The molecule has 13 nitrogen and oxygen atoms in total. The Morgan fingerprint density at radius 1 is 0.552 bits per heavy atom. The number of ether oxygens (including phenoxy) is 2. The maximum Gasteiger partial charge on any atom is 0.472 e. The lowest BCUT2D eigenvalue weighted by Crippen LogP contribution is -2.64. The fourth-order valence-electron chi connectivity index (χ4n) is 5.82. The Morgan fingerprint density at radius 3 is 1.53 bits per heavy atom. The Hall–Kier alpha value is -2.71. The van der Waals surface area contributed by atoms with E-state index in [0.29, 0.717) is 12.8 Å². The Bertz CT molecular complexity index is 1290. The number of aliphatic hydroxyl groups is 5. The SMILES string of the molecule is CC/C=C\C/C=C\C/C=C\C/C=C\CCCCC(=O)OC[C@H](COP(=O)(O)OC1C(O)C(O)C(O)[C@@H](O)C1O)OC(=O)CCCCCCC/C=C\C/C=C\CCCC. The van der Waals surface area contributed by atoms with Crippen molar-refractivity contribution in [3.63, 3.8) is 0 Å². The molecule has 0 amide bonds. The molecule has 6 unspecified atom stereocenters. The molecule has 0 aromatic heterocycles. The van der Waals surface area contributed by atoms with Crippen molar-refractivity contribution < 1.29 is 63.1 Å². The van der Waals surface area contributed by atoms with Gasteiger partial charge in [-0.2, -0.15) is 0 Å². The van der Waals surface area contributed by atoms with Crippen LogP contribution < -0.4 is 0 Å². The number of hydrogen-bond acceptors (Lipinski definition) is 12. The van der Waals surface area contributed by atoms with E-state index in [9.17, 15) is 44.6 Å². The van der Waals surface area contributed by atoms with Crippen LogP contribution in [0, 0.1) is 0 Å². The van der Waals surface area contributed by atoms with Gasteiger partial charge in [0.05, 0.1) is 6.61 Å². The molecule has 0 spiro atoms. The van der Waals surface area contributed by atoms with Gasteiger partial charge in [-0.1, -0.05) is 119 Å². The number of unbranched alkanes of at least 4 members (excludes halogenated alkanes) is 9. The summed E-state index contributed by atoms with van der Waals surface area (Å²) in [5.41, 5.74) is 0. The van der Waals surface area contributed by atoms with Gasteiger partial charge in [-0.25, -0.2) is 4.57 Å². The molecular formula is C44H73O13P. The van der Waals surface area contributed by atoms with Crippen LogP contribution in [0.1, 0.15) is 136 Å². The van der Waals surface area contributed by atoms with E-state index in [4.69, 9.17) is 18.5 Å². The fraction of sp³-hybridized carbons (Fsp3) is 0.682. The lowest BCUT2D eigenvalue weighted by Gasteiger charge is -2.41. The van der Waals surface area contributed by atoms with Crippen LogP contribution in [-0.4, -0.2) is 98.3 Å². The van der Waals surface area contributed by atoms with Gasteiger partial charge in [0.25, 0.3) is 0 Å². The van der Waals surface area contributed by atoms with Gasteiger partial charge >= 0.3 is 19.8 Å². The molecule has 58 heavy (non-hydrogen) atoms. The van der Waals surface area contributed by atoms with Crippen molar-refractivity contribution in [1.29, 1.82) is 0 Å². The molecular weight excluding hydrogens is 767 g/mol. The van der Waals surface area contributed by atoms with Crippen LogP contribution in [0.2, 0.25) is 0 Å². The van der Waals surface area contributed by atoms with E-state index >= 15 is 0 Å². The van der Waals surface area contributed by atoms with Gasteiger partial charge in [-0.3, -0.25) is 18.6 Å². The van der Waals surface area contributed by atoms with Crippen molar-refractivity contribution in [2.24, 2.45) is 0 Å². The number of aliphatic hydroxyl groups excluding tert-OH is 5. The lowest BCUT2D eigenvalue weighted by atomic mass is 9.85. The van der Waals surface area contributed by atoms with Crippen molar-refractivity contribution in [1.82, 2.24) is 0 Å². The number of phosphoric acid groups is 1. The van der Waals surface area contributed by atoms with E-state index in [1.807, 2.05) is 0 Å². The van der Waals surface area contributed by atoms with E-state index in [0.717, 1.165) is 83.5 Å². The molecule has 0 bridgehead atoms. The minimum absolute atomic E-state index is 0.0673. The third-order valence-corrected chi connectivity index (χ3v) is 10.3. The largest absolute Gasteiger partial charge is 0.472 e. The average molecular weight is 841 g/mol. The summed E-state index contributed by atoms with van der Waals surface area (Å²) in [6, 6.07) is 0. The van der Waals surface area contributed by atoms with Gasteiger partial charge < -0.3 is 39.9 Å². The zero-order valence-corrected chi connectivity index (χ0v) is 35.7. The minimum Gasteiger partial charge on any atom is -0.462 e. The zero-order valence-electron chi connectivity index (χ0n) is 34.8. The number of phosphoric ester groups is 1. The van der Waals surface area contributed by atoms with Crippen LogP contribution in [0.15, 0.2) is 72.9 Å². The topological polar surface area (TPSA) is 210 Å². The standard InChI is InChI=1S/C44H73O13P/c1-3-5-7-9-11-13-15-17-19-21-22-24-26-28-30-32-37(45)54-34-36(35-55-58(52,53)57-44-42(50)40(48)39(47)41(49)43(44)51)56-38(46)33-31-29-27-25-23-20-18-16-14-12-10-8-6-4-2/h5,7,10-13,16-19,22,24,36,39-44,47-51H,3-4,6,8-9,14-15,20-21,23,25-35H2,1-2H3,(H,52,53)/b7-5-,12-10-,13-11-,18-16-,19-17-,24-22-/t36-,39?,40-,41?,42?,43?,44?/m1/s1. The second-order valence-electron chi connectivity index (χ2n) is 14.5.